The zero-order valence-electron chi connectivity index (χ0n) is 15.9. The van der Waals surface area contributed by atoms with Crippen LogP contribution in [-0.2, 0) is 11.0 Å². The summed E-state index contributed by atoms with van der Waals surface area (Å²) in [4.78, 5) is 22.0. The minimum atomic E-state index is -4.49. The van der Waals surface area contributed by atoms with E-state index < -0.39 is 11.9 Å². The van der Waals surface area contributed by atoms with Gasteiger partial charge in [-0.05, 0) is 51.4 Å². The Morgan fingerprint density at radius 3 is 2.33 bits per heavy atom. The summed E-state index contributed by atoms with van der Waals surface area (Å²) in [5.41, 5.74) is -0.920. The van der Waals surface area contributed by atoms with Crippen molar-refractivity contribution in [1.29, 1.82) is 0 Å². The summed E-state index contributed by atoms with van der Waals surface area (Å²) in [7, 11) is 0. The molecule has 1 aromatic rings. The standard InChI is InChI=1S/C19H27F3N4O/c1-12-3-5-15(6-4-12)25-18(27)14-7-9-26(10-8-14)17-11-16(19(20,21)22)23-13(2)24-17/h11-12,14-15H,3-10H2,1-2H3,(H,25,27). The van der Waals surface area contributed by atoms with Gasteiger partial charge in [-0.25, -0.2) is 9.97 Å². The van der Waals surface area contributed by atoms with Crippen molar-refractivity contribution in [2.24, 2.45) is 11.8 Å². The molecule has 1 aliphatic heterocycles. The minimum Gasteiger partial charge on any atom is -0.356 e. The molecule has 8 heteroatoms. The molecule has 1 saturated heterocycles. The Bertz CT molecular complexity index is 663. The van der Waals surface area contributed by atoms with Gasteiger partial charge in [0.05, 0.1) is 0 Å². The molecule has 2 fully saturated rings. The number of carbonyl (C=O) groups excluding carboxylic acids is 1. The van der Waals surface area contributed by atoms with Crippen molar-refractivity contribution in [3.05, 3.63) is 17.6 Å². The number of nitrogens with one attached hydrogen (secondary N) is 1. The summed E-state index contributed by atoms with van der Waals surface area (Å²) in [5, 5.41) is 3.17. The van der Waals surface area contributed by atoms with Gasteiger partial charge in [-0.15, -0.1) is 0 Å². The Morgan fingerprint density at radius 1 is 1.11 bits per heavy atom. The molecule has 0 aromatic carbocycles. The number of alkyl halides is 3. The molecular formula is C19H27F3N4O. The number of carbonyl (C=O) groups is 1. The average molecular weight is 384 g/mol. The van der Waals surface area contributed by atoms with Crippen LogP contribution in [0.15, 0.2) is 6.07 Å². The summed E-state index contributed by atoms with van der Waals surface area (Å²) in [6.07, 6.45) is 1.13. The number of hydrogen-bond acceptors (Lipinski definition) is 4. The third-order valence-electron chi connectivity index (χ3n) is 5.67. The van der Waals surface area contributed by atoms with E-state index in [2.05, 4.69) is 22.2 Å². The lowest BCUT2D eigenvalue weighted by molar-refractivity contribution is -0.141. The van der Waals surface area contributed by atoms with E-state index in [0.717, 1.165) is 37.7 Å². The number of amides is 1. The molecule has 1 aliphatic carbocycles. The topological polar surface area (TPSA) is 58.1 Å². The van der Waals surface area contributed by atoms with Gasteiger partial charge in [0.25, 0.3) is 0 Å². The first kappa shape index (κ1) is 19.9. The maximum Gasteiger partial charge on any atom is 0.433 e. The Kier molecular flexibility index (Phi) is 5.91. The van der Waals surface area contributed by atoms with E-state index in [-0.39, 0.29) is 29.5 Å². The van der Waals surface area contributed by atoms with Crippen LogP contribution in [-0.4, -0.2) is 35.0 Å². The summed E-state index contributed by atoms with van der Waals surface area (Å²) < 4.78 is 38.9. The fraction of sp³-hybridized carbons (Fsp3) is 0.737. The van der Waals surface area contributed by atoms with Gasteiger partial charge in [0.1, 0.15) is 17.3 Å². The Hall–Kier alpha value is -1.86. The number of nitrogens with zero attached hydrogens (tertiary/aromatic N) is 3. The molecular weight excluding hydrogens is 357 g/mol. The molecule has 0 bridgehead atoms. The Balaban J connectivity index is 1.56. The largest absolute Gasteiger partial charge is 0.433 e. The van der Waals surface area contributed by atoms with Crippen LogP contribution in [0.1, 0.15) is 57.0 Å². The number of aryl methyl sites for hydroxylation is 1. The van der Waals surface area contributed by atoms with Crippen molar-refractivity contribution in [2.75, 3.05) is 18.0 Å². The predicted molar refractivity (Wildman–Crippen MR) is 96.3 cm³/mol. The van der Waals surface area contributed by atoms with Gasteiger partial charge in [-0.2, -0.15) is 13.2 Å². The van der Waals surface area contributed by atoms with E-state index in [0.29, 0.717) is 25.9 Å². The van der Waals surface area contributed by atoms with Crippen LogP contribution in [0.5, 0.6) is 0 Å². The third-order valence-corrected chi connectivity index (χ3v) is 5.67. The lowest BCUT2D eigenvalue weighted by Crippen LogP contribution is -2.45. The Labute approximate surface area is 157 Å². The predicted octanol–water partition coefficient (Wildman–Crippen LogP) is 3.72. The molecule has 150 valence electrons. The first-order valence-corrected chi connectivity index (χ1v) is 9.70. The fourth-order valence-corrected chi connectivity index (χ4v) is 3.95. The van der Waals surface area contributed by atoms with Crippen molar-refractivity contribution in [1.82, 2.24) is 15.3 Å². The average Bonchev–Trinajstić information content (AvgIpc) is 2.62. The van der Waals surface area contributed by atoms with Crippen molar-refractivity contribution >= 4 is 11.7 Å². The van der Waals surface area contributed by atoms with Gasteiger partial charge >= 0.3 is 6.18 Å². The van der Waals surface area contributed by atoms with E-state index in [1.54, 1.807) is 0 Å². The second-order valence-electron chi connectivity index (χ2n) is 7.88. The van der Waals surface area contributed by atoms with E-state index in [1.807, 2.05) is 4.90 Å². The summed E-state index contributed by atoms with van der Waals surface area (Å²) in [5.74, 6) is 1.13. The first-order chi connectivity index (χ1) is 12.7. The molecule has 0 radical (unpaired) electrons. The van der Waals surface area contributed by atoms with Gasteiger partial charge in [-0.3, -0.25) is 4.79 Å². The van der Waals surface area contributed by atoms with Crippen LogP contribution < -0.4 is 10.2 Å². The van der Waals surface area contributed by atoms with E-state index in [1.165, 1.54) is 6.92 Å². The van der Waals surface area contributed by atoms with Gasteiger partial charge in [0, 0.05) is 31.1 Å². The highest BCUT2D eigenvalue weighted by atomic mass is 19.4. The molecule has 0 atom stereocenters. The van der Waals surface area contributed by atoms with Crippen molar-refractivity contribution < 1.29 is 18.0 Å². The smallest absolute Gasteiger partial charge is 0.356 e. The normalized spacial score (nSPS) is 24.7. The molecule has 1 N–H and O–H groups in total. The number of halogens is 3. The van der Waals surface area contributed by atoms with Gasteiger partial charge in [0.2, 0.25) is 5.91 Å². The molecule has 2 aliphatic rings. The number of anilines is 1. The second kappa shape index (κ2) is 8.02. The fourth-order valence-electron chi connectivity index (χ4n) is 3.95. The molecule has 1 saturated carbocycles. The summed E-state index contributed by atoms with van der Waals surface area (Å²) in [6.45, 7) is 4.75. The quantitative estimate of drug-likeness (QED) is 0.863. The van der Waals surface area contributed by atoms with Crippen LogP contribution in [0.2, 0.25) is 0 Å². The Morgan fingerprint density at radius 2 is 1.74 bits per heavy atom. The van der Waals surface area contributed by atoms with Crippen LogP contribution in [0.4, 0.5) is 19.0 Å². The zero-order chi connectivity index (χ0) is 19.6. The van der Waals surface area contributed by atoms with E-state index >= 15 is 0 Å². The molecule has 1 aromatic heterocycles. The monoisotopic (exact) mass is 384 g/mol. The van der Waals surface area contributed by atoms with E-state index in [9.17, 15) is 18.0 Å². The van der Waals surface area contributed by atoms with Crippen molar-refractivity contribution in [2.45, 2.75) is 64.6 Å². The number of piperidine rings is 1. The first-order valence-electron chi connectivity index (χ1n) is 9.70. The minimum absolute atomic E-state index is 0.0781. The molecule has 2 heterocycles. The van der Waals surface area contributed by atoms with Crippen molar-refractivity contribution in [3.63, 3.8) is 0 Å². The van der Waals surface area contributed by atoms with Crippen LogP contribution >= 0.6 is 0 Å². The SMILES string of the molecule is Cc1nc(N2CCC(C(=O)NC3CCC(C)CC3)CC2)cc(C(F)(F)F)n1. The molecule has 0 unspecified atom stereocenters. The maximum atomic E-state index is 13.0. The van der Waals surface area contributed by atoms with Crippen molar-refractivity contribution in [3.8, 4) is 0 Å². The highest BCUT2D eigenvalue weighted by Gasteiger charge is 2.34. The number of aromatic nitrogens is 2. The second-order valence-corrected chi connectivity index (χ2v) is 7.88. The number of rotatable bonds is 3. The summed E-state index contributed by atoms with van der Waals surface area (Å²) in [6, 6.07) is 1.27. The summed E-state index contributed by atoms with van der Waals surface area (Å²) >= 11 is 0. The maximum absolute atomic E-state index is 13.0. The van der Waals surface area contributed by atoms with Gasteiger partial charge in [0.15, 0.2) is 0 Å². The highest BCUT2D eigenvalue weighted by molar-refractivity contribution is 5.79. The highest BCUT2D eigenvalue weighted by Crippen LogP contribution is 2.31. The lowest BCUT2D eigenvalue weighted by atomic mass is 9.86. The zero-order valence-corrected chi connectivity index (χ0v) is 15.9. The van der Waals surface area contributed by atoms with Crippen LogP contribution in [0.25, 0.3) is 0 Å². The van der Waals surface area contributed by atoms with Crippen LogP contribution in [0, 0.1) is 18.8 Å². The lowest BCUT2D eigenvalue weighted by Gasteiger charge is -2.34. The van der Waals surface area contributed by atoms with Gasteiger partial charge in [-0.1, -0.05) is 6.92 Å². The molecule has 27 heavy (non-hydrogen) atoms. The molecule has 3 rings (SSSR count). The van der Waals surface area contributed by atoms with Gasteiger partial charge < -0.3 is 10.2 Å². The molecule has 0 spiro atoms. The number of hydrogen-bond donors (Lipinski definition) is 1. The molecule has 1 amide bonds. The van der Waals surface area contributed by atoms with Crippen LogP contribution in [0.3, 0.4) is 0 Å². The third kappa shape index (κ3) is 5.11. The molecule has 5 nitrogen and oxygen atoms in total. The van der Waals surface area contributed by atoms with E-state index in [4.69, 9.17) is 0 Å².